The molecule has 43 heavy (non-hydrogen) atoms. The quantitative estimate of drug-likeness (QED) is 0.368. The molecule has 0 bridgehead atoms. The number of carbonyl (C=O) groups excluding carboxylic acids is 3. The van der Waals surface area contributed by atoms with E-state index in [1.54, 1.807) is 0 Å². The van der Waals surface area contributed by atoms with Crippen molar-refractivity contribution in [1.29, 1.82) is 0 Å². The highest BCUT2D eigenvalue weighted by molar-refractivity contribution is 6.00. The van der Waals surface area contributed by atoms with Gasteiger partial charge >= 0.3 is 6.09 Å². The first-order valence-electron chi connectivity index (χ1n) is 16.1. The number of nitrogens with one attached hydrogen (secondary N) is 2. The SMILES string of the molecule is CCN1CCCC1CN1C(=O)[C@H](CCCNC(=O)OCc2ccccc2)NC(=O)C12CCN(CCc1ccccc1)CC2. The topological polar surface area (TPSA) is 94.2 Å². The van der Waals surface area contributed by atoms with Gasteiger partial charge in [-0.2, -0.15) is 0 Å². The van der Waals surface area contributed by atoms with Gasteiger partial charge in [-0.25, -0.2) is 4.79 Å². The molecule has 3 amide bonds. The Kier molecular flexibility index (Phi) is 10.7. The van der Waals surface area contributed by atoms with Gasteiger partial charge < -0.3 is 25.2 Å². The summed E-state index contributed by atoms with van der Waals surface area (Å²) in [5.41, 5.74) is 1.45. The van der Waals surface area contributed by atoms with E-state index >= 15 is 0 Å². The van der Waals surface area contributed by atoms with E-state index < -0.39 is 17.7 Å². The first kappa shape index (κ1) is 31.0. The molecule has 232 valence electrons. The maximum Gasteiger partial charge on any atom is 0.407 e. The van der Waals surface area contributed by atoms with E-state index in [1.807, 2.05) is 41.3 Å². The summed E-state index contributed by atoms with van der Waals surface area (Å²) in [6, 6.07) is 19.7. The normalized spacial score (nSPS) is 22.5. The Bertz CT molecular complexity index is 1200. The van der Waals surface area contributed by atoms with E-state index in [1.165, 1.54) is 5.56 Å². The van der Waals surface area contributed by atoms with Crippen LogP contribution in [0.3, 0.4) is 0 Å². The summed E-state index contributed by atoms with van der Waals surface area (Å²) in [6.07, 6.45) is 5.02. The molecule has 5 rings (SSSR count). The van der Waals surface area contributed by atoms with Gasteiger partial charge in [-0.3, -0.25) is 14.5 Å². The van der Waals surface area contributed by atoms with Crippen molar-refractivity contribution in [2.24, 2.45) is 0 Å². The summed E-state index contributed by atoms with van der Waals surface area (Å²) in [5, 5.41) is 5.88. The van der Waals surface area contributed by atoms with Gasteiger partial charge in [0, 0.05) is 38.8 Å². The fourth-order valence-electron chi connectivity index (χ4n) is 6.91. The van der Waals surface area contributed by atoms with Gasteiger partial charge in [0.1, 0.15) is 18.2 Å². The third-order valence-corrected chi connectivity index (χ3v) is 9.50. The number of likely N-dealkylation sites (tertiary alicyclic amines) is 2. The highest BCUT2D eigenvalue weighted by atomic mass is 16.5. The molecule has 2 atom stereocenters. The lowest BCUT2D eigenvalue weighted by Crippen LogP contribution is -2.73. The minimum Gasteiger partial charge on any atom is -0.445 e. The summed E-state index contributed by atoms with van der Waals surface area (Å²) in [7, 11) is 0. The highest BCUT2D eigenvalue weighted by Crippen LogP contribution is 2.35. The van der Waals surface area contributed by atoms with Gasteiger partial charge in [0.15, 0.2) is 0 Å². The number of nitrogens with zero attached hydrogens (tertiary/aromatic N) is 3. The number of carbonyl (C=O) groups is 3. The number of piperidine rings is 1. The van der Waals surface area contributed by atoms with Crippen molar-refractivity contribution in [2.75, 3.05) is 45.8 Å². The molecule has 0 aliphatic carbocycles. The lowest BCUT2D eigenvalue weighted by Gasteiger charge is -2.52. The summed E-state index contributed by atoms with van der Waals surface area (Å²) in [6.45, 7) is 7.90. The van der Waals surface area contributed by atoms with Crippen LogP contribution in [-0.4, -0.2) is 96.0 Å². The zero-order valence-corrected chi connectivity index (χ0v) is 25.5. The number of ether oxygens (including phenoxy) is 1. The molecule has 3 fully saturated rings. The van der Waals surface area contributed by atoms with Crippen LogP contribution in [0.1, 0.15) is 56.6 Å². The molecule has 3 aliphatic heterocycles. The molecule has 1 spiro atoms. The van der Waals surface area contributed by atoms with Crippen molar-refractivity contribution in [3.05, 3.63) is 71.8 Å². The summed E-state index contributed by atoms with van der Waals surface area (Å²) >= 11 is 0. The minimum absolute atomic E-state index is 0.0175. The molecule has 9 nitrogen and oxygen atoms in total. The van der Waals surface area contributed by atoms with Crippen molar-refractivity contribution >= 4 is 17.9 Å². The lowest BCUT2D eigenvalue weighted by molar-refractivity contribution is -0.162. The van der Waals surface area contributed by atoms with Crippen LogP contribution in [0.4, 0.5) is 4.79 Å². The van der Waals surface area contributed by atoms with E-state index in [9.17, 15) is 14.4 Å². The Morgan fingerprint density at radius 1 is 1.00 bits per heavy atom. The smallest absolute Gasteiger partial charge is 0.407 e. The number of benzene rings is 2. The summed E-state index contributed by atoms with van der Waals surface area (Å²) in [4.78, 5) is 47.0. The van der Waals surface area contributed by atoms with Crippen LogP contribution in [0.2, 0.25) is 0 Å². The maximum atomic E-state index is 14.1. The van der Waals surface area contributed by atoms with Crippen LogP contribution >= 0.6 is 0 Å². The van der Waals surface area contributed by atoms with Crippen LogP contribution in [-0.2, 0) is 27.4 Å². The predicted octanol–water partition coefficient (Wildman–Crippen LogP) is 3.58. The number of hydrogen-bond acceptors (Lipinski definition) is 6. The third-order valence-electron chi connectivity index (χ3n) is 9.50. The molecule has 0 aromatic heterocycles. The zero-order chi connectivity index (χ0) is 30.1. The number of piperazine rings is 1. The van der Waals surface area contributed by atoms with Gasteiger partial charge in [0.25, 0.3) is 0 Å². The third kappa shape index (κ3) is 7.75. The second-order valence-corrected chi connectivity index (χ2v) is 12.1. The van der Waals surface area contributed by atoms with Gasteiger partial charge in [-0.1, -0.05) is 67.6 Å². The van der Waals surface area contributed by atoms with Crippen LogP contribution < -0.4 is 10.6 Å². The first-order chi connectivity index (χ1) is 21.0. The second-order valence-electron chi connectivity index (χ2n) is 12.1. The highest BCUT2D eigenvalue weighted by Gasteiger charge is 2.54. The van der Waals surface area contributed by atoms with Crippen molar-refractivity contribution in [1.82, 2.24) is 25.3 Å². The van der Waals surface area contributed by atoms with Gasteiger partial charge in [0.05, 0.1) is 0 Å². The fraction of sp³-hybridized carbons (Fsp3) is 0.559. The van der Waals surface area contributed by atoms with E-state index in [4.69, 9.17) is 4.74 Å². The molecular formula is C34H47N5O4. The van der Waals surface area contributed by atoms with E-state index in [2.05, 4.69) is 51.6 Å². The van der Waals surface area contributed by atoms with Crippen molar-refractivity contribution in [2.45, 2.75) is 76.1 Å². The Hall–Kier alpha value is -3.43. The molecular weight excluding hydrogens is 542 g/mol. The van der Waals surface area contributed by atoms with Gasteiger partial charge in [0.2, 0.25) is 11.8 Å². The van der Waals surface area contributed by atoms with Crippen LogP contribution in [0, 0.1) is 0 Å². The van der Waals surface area contributed by atoms with Gasteiger partial charge in [-0.15, -0.1) is 0 Å². The Morgan fingerprint density at radius 3 is 2.40 bits per heavy atom. The summed E-state index contributed by atoms with van der Waals surface area (Å²) < 4.78 is 5.29. The Labute approximate surface area is 255 Å². The zero-order valence-electron chi connectivity index (χ0n) is 25.5. The first-order valence-corrected chi connectivity index (χ1v) is 16.1. The molecule has 3 heterocycles. The molecule has 2 N–H and O–H groups in total. The van der Waals surface area contributed by atoms with E-state index in [0.29, 0.717) is 38.8 Å². The standard InChI is InChI=1S/C34H47N5O4/c1-2-38-21-10-15-29(38)25-39-31(40)30(16-9-20-35-33(42)43-26-28-13-7-4-8-14-28)36-32(41)34(39)18-23-37(24-19-34)22-17-27-11-5-3-6-12-27/h3-8,11-14,29-30H,2,9-10,15-26H2,1H3,(H,35,42)(H,36,41)/t29?,30-/m0/s1. The fourth-order valence-corrected chi connectivity index (χ4v) is 6.91. The number of alkyl carbamates (subject to hydrolysis) is 1. The van der Waals surface area contributed by atoms with Crippen LogP contribution in [0.25, 0.3) is 0 Å². The number of hydrogen-bond donors (Lipinski definition) is 2. The molecule has 0 saturated carbocycles. The predicted molar refractivity (Wildman–Crippen MR) is 166 cm³/mol. The largest absolute Gasteiger partial charge is 0.445 e. The number of amides is 3. The minimum atomic E-state index is -0.793. The van der Waals surface area contributed by atoms with Crippen LogP contribution in [0.15, 0.2) is 60.7 Å². The monoisotopic (exact) mass is 589 g/mol. The molecule has 1 unspecified atom stereocenters. The lowest BCUT2D eigenvalue weighted by atomic mass is 9.80. The second kappa shape index (κ2) is 14.8. The van der Waals surface area contributed by atoms with Crippen LogP contribution in [0.5, 0.6) is 0 Å². The van der Waals surface area contributed by atoms with Crippen molar-refractivity contribution < 1.29 is 19.1 Å². The van der Waals surface area contributed by atoms with E-state index in [-0.39, 0.29) is 24.5 Å². The molecule has 2 aromatic carbocycles. The number of likely N-dealkylation sites (N-methyl/N-ethyl adjacent to an activating group) is 1. The van der Waals surface area contributed by atoms with Gasteiger partial charge in [-0.05, 0) is 69.2 Å². The molecule has 3 saturated heterocycles. The molecule has 2 aromatic rings. The average molecular weight is 590 g/mol. The molecule has 3 aliphatic rings. The Balaban J connectivity index is 1.17. The van der Waals surface area contributed by atoms with E-state index in [0.717, 1.165) is 57.5 Å². The summed E-state index contributed by atoms with van der Waals surface area (Å²) in [5.74, 6) is 0.00280. The maximum absolute atomic E-state index is 14.1. The average Bonchev–Trinajstić information content (AvgIpc) is 3.50. The molecule has 9 heteroatoms. The van der Waals surface area contributed by atoms with Crippen molar-refractivity contribution in [3.8, 4) is 0 Å². The van der Waals surface area contributed by atoms with Crippen molar-refractivity contribution in [3.63, 3.8) is 0 Å². The molecule has 0 radical (unpaired) electrons. The number of rotatable bonds is 12. The Morgan fingerprint density at radius 2 is 1.70 bits per heavy atom.